The van der Waals surface area contributed by atoms with Crippen molar-refractivity contribution in [3.63, 3.8) is 0 Å². The minimum Gasteiger partial charge on any atom is -0.296 e. The van der Waals surface area contributed by atoms with Crippen LogP contribution in [-0.4, -0.2) is 23.2 Å². The molecule has 0 heterocycles. The molecule has 0 atom stereocenters. The highest BCUT2D eigenvalue weighted by atomic mass is 35.5. The molecular weight excluding hydrogens is 400 g/mol. The molecule has 0 saturated carbocycles. The lowest BCUT2D eigenvalue weighted by atomic mass is 10.2. The first-order valence-electron chi connectivity index (χ1n) is 8.16. The number of benzene rings is 3. The average molecular weight is 415 g/mol. The van der Waals surface area contributed by atoms with E-state index in [-0.39, 0.29) is 5.56 Å². The molecule has 0 radical (unpaired) electrons. The summed E-state index contributed by atoms with van der Waals surface area (Å²) in [4.78, 5) is 46.0. The van der Waals surface area contributed by atoms with E-state index >= 15 is 0 Å². The highest BCUT2D eigenvalue weighted by Crippen LogP contribution is 2.09. The number of hydrogen-bond donors (Lipinski definition) is 1. The minimum atomic E-state index is -0.790. The van der Waals surface area contributed by atoms with Gasteiger partial charge in [0.05, 0.1) is 16.7 Å². The van der Waals surface area contributed by atoms with Crippen molar-refractivity contribution in [3.8, 4) is 0 Å². The second kappa shape index (κ2) is 11.2. The second-order valence-corrected chi connectivity index (χ2v) is 5.80. The summed E-state index contributed by atoms with van der Waals surface area (Å²) in [6.45, 7) is 0. The molecule has 0 spiro atoms. The van der Waals surface area contributed by atoms with Crippen molar-refractivity contribution >= 4 is 29.5 Å². The molecule has 0 aliphatic heterocycles. The summed E-state index contributed by atoms with van der Waals surface area (Å²) in [5, 5.41) is 8.50. The van der Waals surface area contributed by atoms with Crippen molar-refractivity contribution in [3.05, 3.63) is 107 Å². The van der Waals surface area contributed by atoms with Crippen LogP contribution in [0, 0.1) is 0 Å². The van der Waals surface area contributed by atoms with Gasteiger partial charge in [0.25, 0.3) is 0 Å². The minimum absolute atomic E-state index is 0.261. The van der Waals surface area contributed by atoms with Crippen LogP contribution in [0.15, 0.2) is 84.9 Å². The summed E-state index contributed by atoms with van der Waals surface area (Å²) in [6, 6.07) is 22.6. The van der Waals surface area contributed by atoms with Gasteiger partial charge in [-0.2, -0.15) is 5.26 Å². The van der Waals surface area contributed by atoms with Gasteiger partial charge in [0.2, 0.25) is 0 Å². The lowest BCUT2D eigenvalue weighted by Gasteiger charge is -2.02. The molecular formula is C21H15ClO7. The van der Waals surface area contributed by atoms with Crippen molar-refractivity contribution in [1.29, 1.82) is 0 Å². The number of hydrogen-bond acceptors (Lipinski definition) is 7. The molecule has 29 heavy (non-hydrogen) atoms. The van der Waals surface area contributed by atoms with Gasteiger partial charge >= 0.3 is 17.9 Å². The van der Waals surface area contributed by atoms with Crippen LogP contribution in [0.25, 0.3) is 0 Å². The van der Waals surface area contributed by atoms with Gasteiger partial charge in [-0.25, -0.2) is 24.2 Å². The van der Waals surface area contributed by atoms with E-state index in [0.717, 1.165) is 0 Å². The van der Waals surface area contributed by atoms with Crippen molar-refractivity contribution in [2.75, 3.05) is 0 Å². The molecule has 7 nitrogen and oxygen atoms in total. The monoisotopic (exact) mass is 414 g/mol. The number of carbonyl (C=O) groups excluding carboxylic acids is 3. The Labute approximate surface area is 170 Å². The summed E-state index contributed by atoms with van der Waals surface area (Å²) in [6.07, 6.45) is 0. The van der Waals surface area contributed by atoms with E-state index in [1.165, 1.54) is 24.3 Å². The first-order chi connectivity index (χ1) is 14.0. The second-order valence-electron chi connectivity index (χ2n) is 5.36. The standard InChI is InChI=1S/C14H10O4.C7H5ClO3/c15-13(11-7-3-1-4-8-11)17-18-14(16)12-9-5-2-6-10-12;8-6-3-1-5(2-4-6)7(9)11-10/h1-10H;1-4,10H. The Hall–Kier alpha value is -3.68. The Kier molecular flexibility index (Phi) is 8.37. The quantitative estimate of drug-likeness (QED) is 0.494. The van der Waals surface area contributed by atoms with Crippen molar-refractivity contribution < 1.29 is 34.3 Å². The molecule has 1 N–H and O–H groups in total. The summed E-state index contributed by atoms with van der Waals surface area (Å²) in [7, 11) is 0. The van der Waals surface area contributed by atoms with Crippen LogP contribution in [0.5, 0.6) is 0 Å². The summed E-state index contributed by atoms with van der Waals surface area (Å²) in [5.41, 5.74) is 0.897. The van der Waals surface area contributed by atoms with Crippen LogP contribution in [0.4, 0.5) is 0 Å². The molecule has 8 heteroatoms. The maximum absolute atomic E-state index is 11.5. The van der Waals surface area contributed by atoms with E-state index in [1.54, 1.807) is 60.7 Å². The molecule has 0 unspecified atom stereocenters. The highest BCUT2D eigenvalue weighted by Gasteiger charge is 2.13. The Balaban J connectivity index is 0.000000234. The van der Waals surface area contributed by atoms with Gasteiger partial charge in [-0.15, -0.1) is 0 Å². The Morgan fingerprint density at radius 2 is 0.966 bits per heavy atom. The maximum atomic E-state index is 11.5. The molecule has 0 aromatic heterocycles. The highest BCUT2D eigenvalue weighted by molar-refractivity contribution is 6.30. The van der Waals surface area contributed by atoms with E-state index in [4.69, 9.17) is 16.9 Å². The first kappa shape index (κ1) is 21.6. The molecule has 3 aromatic rings. The van der Waals surface area contributed by atoms with Crippen LogP contribution < -0.4 is 0 Å². The fourth-order valence-electron chi connectivity index (χ4n) is 1.96. The Morgan fingerprint density at radius 1 is 0.586 bits per heavy atom. The summed E-state index contributed by atoms with van der Waals surface area (Å²) >= 11 is 5.54. The smallest absolute Gasteiger partial charge is 0.296 e. The van der Waals surface area contributed by atoms with Crippen molar-refractivity contribution in [1.82, 2.24) is 0 Å². The van der Waals surface area contributed by atoms with Crippen molar-refractivity contribution in [2.24, 2.45) is 0 Å². The lowest BCUT2D eigenvalue weighted by molar-refractivity contribution is -0.187. The maximum Gasteiger partial charge on any atom is 0.386 e. The van der Waals surface area contributed by atoms with Crippen LogP contribution in [-0.2, 0) is 14.7 Å². The van der Waals surface area contributed by atoms with Gasteiger partial charge in [0.15, 0.2) is 0 Å². The number of halogens is 1. The predicted octanol–water partition coefficient (Wildman–Crippen LogP) is 4.59. The van der Waals surface area contributed by atoms with Gasteiger partial charge in [-0.1, -0.05) is 48.0 Å². The predicted molar refractivity (Wildman–Crippen MR) is 103 cm³/mol. The fourth-order valence-corrected chi connectivity index (χ4v) is 2.09. The van der Waals surface area contributed by atoms with Crippen LogP contribution in [0.2, 0.25) is 5.02 Å². The number of carbonyl (C=O) groups is 3. The fraction of sp³-hybridized carbons (Fsp3) is 0. The third-order valence-electron chi connectivity index (χ3n) is 3.37. The zero-order valence-corrected chi connectivity index (χ0v) is 15.6. The molecule has 3 aromatic carbocycles. The first-order valence-corrected chi connectivity index (χ1v) is 8.53. The Morgan fingerprint density at radius 3 is 1.34 bits per heavy atom. The topological polar surface area (TPSA) is 99.1 Å². The molecule has 0 bridgehead atoms. The van der Waals surface area contributed by atoms with Crippen LogP contribution in [0.1, 0.15) is 31.1 Å². The third-order valence-corrected chi connectivity index (χ3v) is 3.63. The van der Waals surface area contributed by atoms with E-state index in [2.05, 4.69) is 14.7 Å². The molecule has 0 saturated heterocycles. The van der Waals surface area contributed by atoms with E-state index in [1.807, 2.05) is 0 Å². The summed E-state index contributed by atoms with van der Waals surface area (Å²) in [5.74, 6) is -2.21. The normalized spacial score (nSPS) is 9.45. The van der Waals surface area contributed by atoms with E-state index < -0.39 is 17.9 Å². The Bertz CT molecular complexity index is 890. The molecule has 3 rings (SSSR count). The SMILES string of the molecule is O=C(OO)c1ccc(Cl)cc1.O=C(OOC(=O)c1ccccc1)c1ccccc1. The van der Waals surface area contributed by atoms with E-state index in [0.29, 0.717) is 16.1 Å². The number of rotatable bonds is 3. The van der Waals surface area contributed by atoms with Crippen LogP contribution in [0.3, 0.4) is 0 Å². The molecule has 0 amide bonds. The zero-order valence-electron chi connectivity index (χ0n) is 14.9. The third kappa shape index (κ3) is 7.10. The van der Waals surface area contributed by atoms with Gasteiger partial charge in [0.1, 0.15) is 0 Å². The lowest BCUT2D eigenvalue weighted by Crippen LogP contribution is -2.11. The van der Waals surface area contributed by atoms with E-state index in [9.17, 15) is 14.4 Å². The van der Waals surface area contributed by atoms with Crippen LogP contribution >= 0.6 is 11.6 Å². The largest absolute Gasteiger partial charge is 0.386 e. The average Bonchev–Trinajstić information content (AvgIpc) is 2.78. The van der Waals surface area contributed by atoms with Gasteiger partial charge in [-0.05, 0) is 48.5 Å². The van der Waals surface area contributed by atoms with Crippen molar-refractivity contribution in [2.45, 2.75) is 0 Å². The molecule has 0 aliphatic rings. The van der Waals surface area contributed by atoms with Gasteiger partial charge in [0, 0.05) is 5.02 Å². The molecule has 0 aliphatic carbocycles. The summed E-state index contributed by atoms with van der Waals surface area (Å²) < 4.78 is 0. The van der Waals surface area contributed by atoms with Gasteiger partial charge < -0.3 is 0 Å². The van der Waals surface area contributed by atoms with Gasteiger partial charge in [-0.3, -0.25) is 4.89 Å². The molecule has 148 valence electrons. The molecule has 0 fully saturated rings. The zero-order chi connectivity index (χ0) is 21.1.